The molecule has 100 valence electrons. The Labute approximate surface area is 114 Å². The summed E-state index contributed by atoms with van der Waals surface area (Å²) in [7, 11) is 0. The van der Waals surface area contributed by atoms with Crippen molar-refractivity contribution in [3.05, 3.63) is 29.8 Å². The normalized spacial score (nSPS) is 20.6. The molecule has 1 aromatic carbocycles. The van der Waals surface area contributed by atoms with Crippen molar-refractivity contribution in [2.75, 3.05) is 32.6 Å². The highest BCUT2D eigenvalue weighted by molar-refractivity contribution is 7.98. The van der Waals surface area contributed by atoms with Crippen molar-refractivity contribution in [2.24, 2.45) is 5.73 Å². The number of nitrogens with two attached hydrogens (primary N) is 1. The van der Waals surface area contributed by atoms with Crippen molar-refractivity contribution >= 4 is 11.8 Å². The van der Waals surface area contributed by atoms with Gasteiger partial charge in [0.2, 0.25) is 0 Å². The van der Waals surface area contributed by atoms with E-state index in [4.69, 9.17) is 10.5 Å². The Morgan fingerprint density at radius 2 is 1.89 bits per heavy atom. The molecule has 0 saturated carbocycles. The lowest BCUT2D eigenvalue weighted by atomic mass is 10.00. The van der Waals surface area contributed by atoms with Gasteiger partial charge in [0.15, 0.2) is 0 Å². The molecule has 0 aliphatic carbocycles. The third-order valence-electron chi connectivity index (χ3n) is 3.45. The summed E-state index contributed by atoms with van der Waals surface area (Å²) < 4.78 is 5.38. The van der Waals surface area contributed by atoms with E-state index in [9.17, 15) is 0 Å². The standard InChI is InChI=1S/C14H22N2OS/c1-14(15,16-7-9-17-10-8-16)11-12-3-5-13(18-2)6-4-12/h3-6H,7-11,15H2,1-2H3. The van der Waals surface area contributed by atoms with Gasteiger partial charge in [0.05, 0.1) is 18.9 Å². The first-order valence-electron chi connectivity index (χ1n) is 6.36. The molecule has 1 saturated heterocycles. The van der Waals surface area contributed by atoms with E-state index < -0.39 is 0 Å². The average Bonchev–Trinajstić information content (AvgIpc) is 2.40. The van der Waals surface area contributed by atoms with Gasteiger partial charge >= 0.3 is 0 Å². The molecule has 1 aliphatic heterocycles. The first-order chi connectivity index (χ1) is 8.62. The molecule has 0 amide bonds. The number of hydrogen-bond donors (Lipinski definition) is 1. The van der Waals surface area contributed by atoms with E-state index >= 15 is 0 Å². The molecule has 1 fully saturated rings. The Morgan fingerprint density at radius 1 is 1.28 bits per heavy atom. The van der Waals surface area contributed by atoms with Crippen LogP contribution < -0.4 is 5.73 Å². The van der Waals surface area contributed by atoms with Crippen LogP contribution in [0.15, 0.2) is 29.2 Å². The Bertz CT molecular complexity index is 372. The molecule has 18 heavy (non-hydrogen) atoms. The first kappa shape index (κ1) is 13.9. The van der Waals surface area contributed by atoms with Crippen LogP contribution in [0.1, 0.15) is 12.5 Å². The fourth-order valence-electron chi connectivity index (χ4n) is 2.34. The third kappa shape index (κ3) is 3.48. The summed E-state index contributed by atoms with van der Waals surface area (Å²) in [6.07, 6.45) is 2.97. The molecule has 0 spiro atoms. The summed E-state index contributed by atoms with van der Waals surface area (Å²) in [5.74, 6) is 0. The van der Waals surface area contributed by atoms with Gasteiger partial charge in [0.1, 0.15) is 0 Å². The molecule has 3 nitrogen and oxygen atoms in total. The second kappa shape index (κ2) is 6.06. The highest BCUT2D eigenvalue weighted by Gasteiger charge is 2.28. The minimum Gasteiger partial charge on any atom is -0.379 e. The smallest absolute Gasteiger partial charge is 0.0701 e. The zero-order chi connectivity index (χ0) is 13.0. The number of ether oxygens (including phenoxy) is 1. The van der Waals surface area contributed by atoms with E-state index in [1.807, 2.05) is 0 Å². The molecule has 1 heterocycles. The SMILES string of the molecule is CSc1ccc(CC(C)(N)N2CCOCC2)cc1. The molecule has 0 radical (unpaired) electrons. The number of hydrogen-bond acceptors (Lipinski definition) is 4. The molecule has 2 rings (SSSR count). The average molecular weight is 266 g/mol. The molecular weight excluding hydrogens is 244 g/mol. The maximum absolute atomic E-state index is 6.46. The van der Waals surface area contributed by atoms with Gasteiger partial charge in [0, 0.05) is 24.4 Å². The Balaban J connectivity index is 2.01. The van der Waals surface area contributed by atoms with Gasteiger partial charge in [-0.1, -0.05) is 12.1 Å². The fraction of sp³-hybridized carbons (Fsp3) is 0.571. The van der Waals surface area contributed by atoms with Crippen LogP contribution in [0.25, 0.3) is 0 Å². The van der Waals surface area contributed by atoms with Crippen LogP contribution in [0.4, 0.5) is 0 Å². The van der Waals surface area contributed by atoms with Crippen molar-refractivity contribution in [3.63, 3.8) is 0 Å². The maximum atomic E-state index is 6.46. The van der Waals surface area contributed by atoms with Gasteiger partial charge in [-0.25, -0.2) is 0 Å². The van der Waals surface area contributed by atoms with E-state index in [2.05, 4.69) is 42.3 Å². The Hall–Kier alpha value is -0.550. The van der Waals surface area contributed by atoms with Crippen LogP contribution in [0, 0.1) is 0 Å². The van der Waals surface area contributed by atoms with Crippen molar-refractivity contribution in [2.45, 2.75) is 23.9 Å². The van der Waals surface area contributed by atoms with Gasteiger partial charge < -0.3 is 10.5 Å². The molecule has 4 heteroatoms. The Kier molecular flexibility index (Phi) is 4.67. The summed E-state index contributed by atoms with van der Waals surface area (Å²) in [5.41, 5.74) is 7.47. The largest absolute Gasteiger partial charge is 0.379 e. The molecular formula is C14H22N2OS. The van der Waals surface area contributed by atoms with Crippen LogP contribution in [-0.2, 0) is 11.2 Å². The fourth-order valence-corrected chi connectivity index (χ4v) is 2.75. The van der Waals surface area contributed by atoms with Crippen LogP contribution in [-0.4, -0.2) is 43.1 Å². The van der Waals surface area contributed by atoms with Crippen LogP contribution in [0.2, 0.25) is 0 Å². The van der Waals surface area contributed by atoms with Crippen molar-refractivity contribution in [3.8, 4) is 0 Å². The summed E-state index contributed by atoms with van der Waals surface area (Å²) in [6, 6.07) is 8.68. The highest BCUT2D eigenvalue weighted by Crippen LogP contribution is 2.20. The van der Waals surface area contributed by atoms with Gasteiger partial charge in [-0.15, -0.1) is 11.8 Å². The van der Waals surface area contributed by atoms with E-state index in [1.165, 1.54) is 10.5 Å². The molecule has 0 bridgehead atoms. The number of thioether (sulfide) groups is 1. The maximum Gasteiger partial charge on any atom is 0.0701 e. The molecule has 2 N–H and O–H groups in total. The van der Waals surface area contributed by atoms with Crippen molar-refractivity contribution in [1.82, 2.24) is 4.90 Å². The predicted molar refractivity (Wildman–Crippen MR) is 76.9 cm³/mol. The number of nitrogens with zero attached hydrogens (tertiary/aromatic N) is 1. The lowest BCUT2D eigenvalue weighted by Gasteiger charge is -2.40. The van der Waals surface area contributed by atoms with Gasteiger partial charge in [-0.05, 0) is 30.9 Å². The number of rotatable bonds is 4. The second-order valence-corrected chi connectivity index (χ2v) is 5.86. The predicted octanol–water partition coefficient (Wildman–Crippen LogP) is 1.96. The first-order valence-corrected chi connectivity index (χ1v) is 7.59. The summed E-state index contributed by atoms with van der Waals surface area (Å²) in [6.45, 7) is 5.54. The van der Waals surface area contributed by atoms with Gasteiger partial charge in [-0.2, -0.15) is 0 Å². The monoisotopic (exact) mass is 266 g/mol. The third-order valence-corrected chi connectivity index (χ3v) is 4.20. The number of morpholine rings is 1. The number of benzene rings is 1. The molecule has 1 unspecified atom stereocenters. The summed E-state index contributed by atoms with van der Waals surface area (Å²) in [4.78, 5) is 3.61. The zero-order valence-corrected chi connectivity index (χ0v) is 12.0. The summed E-state index contributed by atoms with van der Waals surface area (Å²) in [5, 5.41) is 0. The minimum absolute atomic E-state index is 0.287. The zero-order valence-electron chi connectivity index (χ0n) is 11.2. The molecule has 1 aromatic rings. The lowest BCUT2D eigenvalue weighted by Crippen LogP contribution is -2.58. The summed E-state index contributed by atoms with van der Waals surface area (Å²) >= 11 is 1.77. The minimum atomic E-state index is -0.287. The topological polar surface area (TPSA) is 38.5 Å². The van der Waals surface area contributed by atoms with Crippen LogP contribution in [0.3, 0.4) is 0 Å². The van der Waals surface area contributed by atoms with Gasteiger partial charge in [-0.3, -0.25) is 4.90 Å². The lowest BCUT2D eigenvalue weighted by molar-refractivity contribution is -0.0142. The van der Waals surface area contributed by atoms with E-state index in [1.54, 1.807) is 11.8 Å². The van der Waals surface area contributed by atoms with Crippen molar-refractivity contribution < 1.29 is 4.74 Å². The van der Waals surface area contributed by atoms with E-state index in [-0.39, 0.29) is 5.66 Å². The van der Waals surface area contributed by atoms with Crippen LogP contribution >= 0.6 is 11.8 Å². The van der Waals surface area contributed by atoms with E-state index in [0.29, 0.717) is 0 Å². The van der Waals surface area contributed by atoms with Crippen LogP contribution in [0.5, 0.6) is 0 Å². The highest BCUT2D eigenvalue weighted by atomic mass is 32.2. The molecule has 0 aromatic heterocycles. The Morgan fingerprint density at radius 3 is 2.44 bits per heavy atom. The van der Waals surface area contributed by atoms with Crippen molar-refractivity contribution in [1.29, 1.82) is 0 Å². The molecule has 1 aliphatic rings. The quantitative estimate of drug-likeness (QED) is 0.846. The molecule has 1 atom stereocenters. The second-order valence-electron chi connectivity index (χ2n) is 4.98. The van der Waals surface area contributed by atoms with Gasteiger partial charge in [0.25, 0.3) is 0 Å². The van der Waals surface area contributed by atoms with E-state index in [0.717, 1.165) is 32.7 Å².